The summed E-state index contributed by atoms with van der Waals surface area (Å²) in [5.74, 6) is -0.118. The van der Waals surface area contributed by atoms with Crippen LogP contribution in [0.15, 0.2) is 0 Å². The third-order valence-electron chi connectivity index (χ3n) is 3.25. The van der Waals surface area contributed by atoms with Crippen molar-refractivity contribution in [1.82, 2.24) is 0 Å². The molecule has 0 aliphatic heterocycles. The van der Waals surface area contributed by atoms with Crippen LogP contribution in [0.25, 0.3) is 0 Å². The Hall–Kier alpha value is -0.260. The van der Waals surface area contributed by atoms with Crippen molar-refractivity contribution < 1.29 is 19.7 Å². The molecule has 4 nitrogen and oxygen atoms in total. The quantitative estimate of drug-likeness (QED) is 0.310. The zero-order valence-corrected chi connectivity index (χ0v) is 12.9. The van der Waals surface area contributed by atoms with E-state index in [4.69, 9.17) is 14.9 Å². The lowest BCUT2D eigenvalue weighted by Crippen LogP contribution is -2.25. The van der Waals surface area contributed by atoms with Gasteiger partial charge in [-0.3, -0.25) is 4.79 Å². The molecular formula is C14H28O4S. The number of esters is 1. The third-order valence-corrected chi connectivity index (χ3v) is 3.93. The smallest absolute Gasteiger partial charge is 0.306 e. The lowest BCUT2D eigenvalue weighted by atomic mass is 9.94. The van der Waals surface area contributed by atoms with Gasteiger partial charge >= 0.3 is 5.97 Å². The lowest BCUT2D eigenvalue weighted by molar-refractivity contribution is -0.148. The summed E-state index contributed by atoms with van der Waals surface area (Å²) >= 11 is 4.58. The van der Waals surface area contributed by atoms with E-state index in [-0.39, 0.29) is 23.7 Å². The van der Waals surface area contributed by atoms with Gasteiger partial charge in [-0.25, -0.2) is 0 Å². The SMILES string of the molecule is CCCCCC(S)C(CC)CC(=O)OCC(O)CO. The zero-order chi connectivity index (χ0) is 14.7. The molecule has 5 heteroatoms. The summed E-state index contributed by atoms with van der Waals surface area (Å²) < 4.78 is 4.92. The molecule has 0 aliphatic rings. The first kappa shape index (κ1) is 18.7. The van der Waals surface area contributed by atoms with Gasteiger partial charge in [0, 0.05) is 11.7 Å². The van der Waals surface area contributed by atoms with Crippen LogP contribution >= 0.6 is 12.6 Å². The van der Waals surface area contributed by atoms with Crippen molar-refractivity contribution in [2.24, 2.45) is 5.92 Å². The minimum absolute atomic E-state index is 0.140. The summed E-state index contributed by atoms with van der Waals surface area (Å²) in [6.07, 6.45) is 4.76. The van der Waals surface area contributed by atoms with Crippen LogP contribution in [-0.2, 0) is 9.53 Å². The van der Waals surface area contributed by atoms with E-state index in [1.54, 1.807) is 0 Å². The summed E-state index contributed by atoms with van der Waals surface area (Å²) in [6, 6.07) is 0. The number of thiol groups is 1. The van der Waals surface area contributed by atoms with Crippen molar-refractivity contribution in [1.29, 1.82) is 0 Å². The van der Waals surface area contributed by atoms with Gasteiger partial charge in [0.2, 0.25) is 0 Å². The number of carbonyl (C=O) groups excluding carboxylic acids is 1. The molecule has 3 atom stereocenters. The summed E-state index contributed by atoms with van der Waals surface area (Å²) in [4.78, 5) is 11.6. The molecule has 0 fully saturated rings. The zero-order valence-electron chi connectivity index (χ0n) is 12.0. The highest BCUT2D eigenvalue weighted by molar-refractivity contribution is 7.81. The standard InChI is InChI=1S/C14H28O4S/c1-3-5-6-7-13(19)11(4-2)8-14(17)18-10-12(16)9-15/h11-13,15-16,19H,3-10H2,1-2H3. The highest BCUT2D eigenvalue weighted by Gasteiger charge is 2.20. The summed E-state index contributed by atoms with van der Waals surface area (Å²) in [5.41, 5.74) is 0. The van der Waals surface area contributed by atoms with Crippen LogP contribution in [-0.4, -0.2) is 40.8 Å². The summed E-state index contributed by atoms with van der Waals surface area (Å²) in [6.45, 7) is 3.67. The van der Waals surface area contributed by atoms with E-state index >= 15 is 0 Å². The number of rotatable bonds is 11. The van der Waals surface area contributed by atoms with Gasteiger partial charge in [0.05, 0.1) is 6.61 Å². The number of ether oxygens (including phenoxy) is 1. The molecule has 0 spiro atoms. The first-order chi connectivity index (χ1) is 9.04. The lowest BCUT2D eigenvalue weighted by Gasteiger charge is -2.21. The average Bonchev–Trinajstić information content (AvgIpc) is 2.42. The van der Waals surface area contributed by atoms with E-state index in [2.05, 4.69) is 19.6 Å². The maximum Gasteiger partial charge on any atom is 0.306 e. The van der Waals surface area contributed by atoms with Gasteiger partial charge in [0.15, 0.2) is 0 Å². The molecule has 0 aromatic heterocycles. The first-order valence-electron chi connectivity index (χ1n) is 7.17. The number of carbonyl (C=O) groups is 1. The fraction of sp³-hybridized carbons (Fsp3) is 0.929. The predicted octanol–water partition coefficient (Wildman–Crippen LogP) is 2.18. The molecule has 0 saturated carbocycles. The van der Waals surface area contributed by atoms with Gasteiger partial charge in [-0.2, -0.15) is 12.6 Å². The van der Waals surface area contributed by atoms with Crippen molar-refractivity contribution in [3.8, 4) is 0 Å². The van der Waals surface area contributed by atoms with Crippen molar-refractivity contribution >= 4 is 18.6 Å². The van der Waals surface area contributed by atoms with Gasteiger partial charge < -0.3 is 14.9 Å². The predicted molar refractivity (Wildman–Crippen MR) is 79.4 cm³/mol. The van der Waals surface area contributed by atoms with Crippen molar-refractivity contribution in [2.45, 2.75) is 63.7 Å². The molecule has 19 heavy (non-hydrogen) atoms. The maximum atomic E-state index is 11.6. The van der Waals surface area contributed by atoms with E-state index in [1.165, 1.54) is 12.8 Å². The molecule has 0 aromatic carbocycles. The van der Waals surface area contributed by atoms with Crippen molar-refractivity contribution in [3.05, 3.63) is 0 Å². The summed E-state index contributed by atoms with van der Waals surface area (Å²) in [5, 5.41) is 18.0. The van der Waals surface area contributed by atoms with Crippen LogP contribution in [0.5, 0.6) is 0 Å². The van der Waals surface area contributed by atoms with E-state index in [0.29, 0.717) is 6.42 Å². The van der Waals surface area contributed by atoms with Gasteiger partial charge in [0.25, 0.3) is 0 Å². The fourth-order valence-corrected chi connectivity index (χ4v) is 2.41. The van der Waals surface area contributed by atoms with Crippen LogP contribution in [0.3, 0.4) is 0 Å². The number of hydrogen-bond acceptors (Lipinski definition) is 5. The van der Waals surface area contributed by atoms with E-state index in [1.807, 2.05) is 6.92 Å². The van der Waals surface area contributed by atoms with Gasteiger partial charge in [-0.1, -0.05) is 39.5 Å². The second-order valence-corrected chi connectivity index (χ2v) is 5.62. The Bertz CT molecular complexity index is 235. The largest absolute Gasteiger partial charge is 0.463 e. The van der Waals surface area contributed by atoms with Crippen LogP contribution in [0.2, 0.25) is 0 Å². The summed E-state index contributed by atoms with van der Waals surface area (Å²) in [7, 11) is 0. The molecule has 0 rings (SSSR count). The topological polar surface area (TPSA) is 66.8 Å². The molecule has 3 unspecified atom stereocenters. The number of aliphatic hydroxyl groups excluding tert-OH is 2. The molecule has 0 aromatic rings. The van der Waals surface area contributed by atoms with E-state index in [0.717, 1.165) is 19.3 Å². The minimum Gasteiger partial charge on any atom is -0.463 e. The van der Waals surface area contributed by atoms with Crippen LogP contribution in [0.1, 0.15) is 52.4 Å². The molecule has 0 aliphatic carbocycles. The fourth-order valence-electron chi connectivity index (χ4n) is 1.91. The molecule has 114 valence electrons. The minimum atomic E-state index is -0.986. The van der Waals surface area contributed by atoms with Crippen LogP contribution < -0.4 is 0 Å². The number of hydrogen-bond donors (Lipinski definition) is 3. The highest BCUT2D eigenvalue weighted by atomic mass is 32.1. The molecule has 0 radical (unpaired) electrons. The first-order valence-corrected chi connectivity index (χ1v) is 7.69. The van der Waals surface area contributed by atoms with E-state index < -0.39 is 12.7 Å². The molecule has 0 amide bonds. The third kappa shape index (κ3) is 9.30. The van der Waals surface area contributed by atoms with Crippen molar-refractivity contribution in [3.63, 3.8) is 0 Å². The molecule has 0 saturated heterocycles. The monoisotopic (exact) mass is 292 g/mol. The number of aliphatic hydroxyl groups is 2. The Morgan fingerprint density at radius 3 is 2.53 bits per heavy atom. The highest BCUT2D eigenvalue weighted by Crippen LogP contribution is 2.24. The second-order valence-electron chi connectivity index (χ2n) is 4.95. The van der Waals surface area contributed by atoms with Crippen molar-refractivity contribution in [2.75, 3.05) is 13.2 Å². The second kappa shape index (κ2) is 11.6. The Kier molecular flexibility index (Phi) is 11.4. The number of unbranched alkanes of at least 4 members (excludes halogenated alkanes) is 2. The normalized spacial score (nSPS) is 15.8. The Morgan fingerprint density at radius 1 is 1.32 bits per heavy atom. The molecule has 0 bridgehead atoms. The van der Waals surface area contributed by atoms with Gasteiger partial charge in [0.1, 0.15) is 12.7 Å². The Morgan fingerprint density at radius 2 is 2.00 bits per heavy atom. The van der Waals surface area contributed by atoms with Crippen LogP contribution in [0.4, 0.5) is 0 Å². The Balaban J connectivity index is 3.98. The molecule has 0 heterocycles. The van der Waals surface area contributed by atoms with Gasteiger partial charge in [-0.05, 0) is 12.3 Å². The molecular weight excluding hydrogens is 264 g/mol. The Labute approximate surface area is 122 Å². The van der Waals surface area contributed by atoms with Crippen LogP contribution in [0, 0.1) is 5.92 Å². The average molecular weight is 292 g/mol. The molecule has 2 N–H and O–H groups in total. The maximum absolute atomic E-state index is 11.6. The van der Waals surface area contributed by atoms with Gasteiger partial charge in [-0.15, -0.1) is 0 Å². The van der Waals surface area contributed by atoms with E-state index in [9.17, 15) is 4.79 Å².